The van der Waals surface area contributed by atoms with Crippen molar-refractivity contribution in [3.63, 3.8) is 0 Å². The summed E-state index contributed by atoms with van der Waals surface area (Å²) in [5.41, 5.74) is 0. The largest absolute Gasteiger partial charge is 0.407 e. The Hall–Kier alpha value is -1.14. The van der Waals surface area contributed by atoms with E-state index in [1.807, 2.05) is 13.8 Å². The Kier molecular flexibility index (Phi) is 6.67. The van der Waals surface area contributed by atoms with E-state index in [-0.39, 0.29) is 6.10 Å². The third-order valence-electron chi connectivity index (χ3n) is 2.29. The van der Waals surface area contributed by atoms with Gasteiger partial charge in [0.2, 0.25) is 5.89 Å². The van der Waals surface area contributed by atoms with Gasteiger partial charge < -0.3 is 19.8 Å². The molecule has 1 aromatic rings. The number of ether oxygens (including phenoxy) is 1. The van der Waals surface area contributed by atoms with Crippen molar-refractivity contribution < 1.29 is 9.15 Å². The van der Waals surface area contributed by atoms with Crippen molar-refractivity contribution in [3.05, 3.63) is 5.89 Å². The molecule has 1 unspecified atom stereocenters. The van der Waals surface area contributed by atoms with Crippen LogP contribution in [0.3, 0.4) is 0 Å². The lowest BCUT2D eigenvalue weighted by molar-refractivity contribution is 0.0851. The number of hydrogen-bond donors (Lipinski definition) is 2. The van der Waals surface area contributed by atoms with Crippen molar-refractivity contribution in [2.75, 3.05) is 25.0 Å². The molecule has 1 heterocycles. The van der Waals surface area contributed by atoms with Gasteiger partial charge in [0.15, 0.2) is 0 Å². The van der Waals surface area contributed by atoms with Crippen LogP contribution in [0.5, 0.6) is 0 Å². The second-order valence-corrected chi connectivity index (χ2v) is 4.67. The number of hydrogen-bond acceptors (Lipinski definition) is 6. The number of rotatable bonds is 9. The summed E-state index contributed by atoms with van der Waals surface area (Å²) in [5.74, 6) is 1.21. The Morgan fingerprint density at radius 1 is 1.22 bits per heavy atom. The van der Waals surface area contributed by atoms with Crippen LogP contribution in [-0.4, -0.2) is 36.0 Å². The summed E-state index contributed by atoms with van der Waals surface area (Å²) >= 11 is 0. The molecule has 0 aliphatic carbocycles. The SMILES string of the molecule is CCOC(C)CNc1nnc(CNCC(C)C)o1. The molecule has 0 spiro atoms. The standard InChI is InChI=1S/C12H24N4O2/c1-5-17-10(4)7-14-12-16-15-11(18-12)8-13-6-9(2)3/h9-10,13H,5-8H2,1-4H3,(H,14,16). The van der Waals surface area contributed by atoms with Crippen molar-refractivity contribution in [2.45, 2.75) is 40.3 Å². The van der Waals surface area contributed by atoms with Gasteiger partial charge in [-0.25, -0.2) is 0 Å². The normalized spacial score (nSPS) is 12.9. The molecule has 0 aliphatic rings. The van der Waals surface area contributed by atoms with Crippen LogP contribution in [0, 0.1) is 5.92 Å². The predicted octanol–water partition coefficient (Wildman–Crippen LogP) is 1.65. The number of anilines is 1. The first kappa shape index (κ1) is 14.9. The third kappa shape index (κ3) is 5.97. The summed E-state index contributed by atoms with van der Waals surface area (Å²) < 4.78 is 10.8. The maximum atomic E-state index is 5.44. The zero-order chi connectivity index (χ0) is 13.4. The average molecular weight is 256 g/mol. The highest BCUT2D eigenvalue weighted by molar-refractivity contribution is 5.16. The minimum atomic E-state index is 0.129. The molecule has 0 amide bonds. The zero-order valence-corrected chi connectivity index (χ0v) is 11.7. The minimum absolute atomic E-state index is 0.129. The first-order chi connectivity index (χ1) is 8.61. The molecule has 0 saturated heterocycles. The Balaban J connectivity index is 2.25. The highest BCUT2D eigenvalue weighted by atomic mass is 16.5. The highest BCUT2D eigenvalue weighted by Gasteiger charge is 2.07. The van der Waals surface area contributed by atoms with Gasteiger partial charge in [0, 0.05) is 13.2 Å². The van der Waals surface area contributed by atoms with Gasteiger partial charge in [0.05, 0.1) is 12.6 Å². The fraction of sp³-hybridized carbons (Fsp3) is 0.833. The van der Waals surface area contributed by atoms with Gasteiger partial charge in [-0.2, -0.15) is 0 Å². The van der Waals surface area contributed by atoms with Crippen LogP contribution >= 0.6 is 0 Å². The van der Waals surface area contributed by atoms with Crippen LogP contribution in [0.25, 0.3) is 0 Å². The Bertz CT molecular complexity index is 328. The highest BCUT2D eigenvalue weighted by Crippen LogP contribution is 2.05. The van der Waals surface area contributed by atoms with Crippen LogP contribution < -0.4 is 10.6 Å². The van der Waals surface area contributed by atoms with E-state index < -0.39 is 0 Å². The molecule has 6 nitrogen and oxygen atoms in total. The van der Waals surface area contributed by atoms with E-state index in [1.54, 1.807) is 0 Å². The van der Waals surface area contributed by atoms with Crippen molar-refractivity contribution in [1.82, 2.24) is 15.5 Å². The molecular weight excluding hydrogens is 232 g/mol. The van der Waals surface area contributed by atoms with E-state index in [1.165, 1.54) is 0 Å². The van der Waals surface area contributed by atoms with Gasteiger partial charge in [-0.15, -0.1) is 5.10 Å². The smallest absolute Gasteiger partial charge is 0.315 e. The van der Waals surface area contributed by atoms with Gasteiger partial charge in [0.1, 0.15) is 0 Å². The van der Waals surface area contributed by atoms with Crippen LogP contribution in [0.1, 0.15) is 33.6 Å². The van der Waals surface area contributed by atoms with Crippen LogP contribution in [0.15, 0.2) is 4.42 Å². The second-order valence-electron chi connectivity index (χ2n) is 4.67. The molecule has 2 N–H and O–H groups in total. The van der Waals surface area contributed by atoms with E-state index in [2.05, 4.69) is 34.7 Å². The number of nitrogens with one attached hydrogen (secondary N) is 2. The Labute approximate surface area is 108 Å². The molecule has 0 radical (unpaired) electrons. The monoisotopic (exact) mass is 256 g/mol. The van der Waals surface area contributed by atoms with Gasteiger partial charge in [0.25, 0.3) is 0 Å². The molecule has 18 heavy (non-hydrogen) atoms. The lowest BCUT2D eigenvalue weighted by Crippen LogP contribution is -2.20. The molecule has 0 aromatic carbocycles. The Morgan fingerprint density at radius 3 is 2.67 bits per heavy atom. The fourth-order valence-electron chi connectivity index (χ4n) is 1.44. The van der Waals surface area contributed by atoms with Crippen LogP contribution in [0.2, 0.25) is 0 Å². The average Bonchev–Trinajstić information content (AvgIpc) is 2.74. The summed E-state index contributed by atoms with van der Waals surface area (Å²) in [6, 6.07) is 0.447. The lowest BCUT2D eigenvalue weighted by Gasteiger charge is -2.10. The molecule has 1 aromatic heterocycles. The van der Waals surface area contributed by atoms with E-state index in [0.717, 1.165) is 6.54 Å². The van der Waals surface area contributed by atoms with Crippen molar-refractivity contribution >= 4 is 6.01 Å². The Morgan fingerprint density at radius 2 is 2.00 bits per heavy atom. The van der Waals surface area contributed by atoms with Gasteiger partial charge in [-0.3, -0.25) is 0 Å². The van der Waals surface area contributed by atoms with E-state index in [9.17, 15) is 0 Å². The fourth-order valence-corrected chi connectivity index (χ4v) is 1.44. The summed E-state index contributed by atoms with van der Waals surface area (Å²) in [5, 5.41) is 14.2. The van der Waals surface area contributed by atoms with E-state index in [0.29, 0.717) is 37.5 Å². The first-order valence-electron chi connectivity index (χ1n) is 6.50. The molecule has 0 bridgehead atoms. The summed E-state index contributed by atoms with van der Waals surface area (Å²) in [6.07, 6.45) is 0.129. The van der Waals surface area contributed by atoms with Gasteiger partial charge in [-0.1, -0.05) is 18.9 Å². The molecule has 6 heteroatoms. The lowest BCUT2D eigenvalue weighted by atomic mass is 10.2. The summed E-state index contributed by atoms with van der Waals surface area (Å²) in [4.78, 5) is 0. The molecule has 0 fully saturated rings. The van der Waals surface area contributed by atoms with Gasteiger partial charge in [-0.05, 0) is 26.3 Å². The zero-order valence-electron chi connectivity index (χ0n) is 11.7. The third-order valence-corrected chi connectivity index (χ3v) is 2.29. The molecule has 1 rings (SSSR count). The van der Waals surface area contributed by atoms with Crippen LogP contribution in [-0.2, 0) is 11.3 Å². The quantitative estimate of drug-likeness (QED) is 0.700. The first-order valence-corrected chi connectivity index (χ1v) is 6.50. The molecule has 0 saturated carbocycles. The molecule has 0 aliphatic heterocycles. The predicted molar refractivity (Wildman–Crippen MR) is 70.4 cm³/mol. The molecule has 1 atom stereocenters. The maximum Gasteiger partial charge on any atom is 0.315 e. The number of aromatic nitrogens is 2. The maximum absolute atomic E-state index is 5.44. The summed E-state index contributed by atoms with van der Waals surface area (Å²) in [6.45, 7) is 11.2. The van der Waals surface area contributed by atoms with Gasteiger partial charge >= 0.3 is 6.01 Å². The topological polar surface area (TPSA) is 72.2 Å². The number of nitrogens with zero attached hydrogens (tertiary/aromatic N) is 2. The molecule has 104 valence electrons. The van der Waals surface area contributed by atoms with E-state index >= 15 is 0 Å². The minimum Gasteiger partial charge on any atom is -0.407 e. The summed E-state index contributed by atoms with van der Waals surface area (Å²) in [7, 11) is 0. The van der Waals surface area contributed by atoms with Crippen molar-refractivity contribution in [2.24, 2.45) is 5.92 Å². The second kappa shape index (κ2) is 8.05. The van der Waals surface area contributed by atoms with E-state index in [4.69, 9.17) is 9.15 Å². The van der Waals surface area contributed by atoms with Crippen LogP contribution in [0.4, 0.5) is 6.01 Å². The van der Waals surface area contributed by atoms with Crippen molar-refractivity contribution in [3.8, 4) is 0 Å². The van der Waals surface area contributed by atoms with Crippen molar-refractivity contribution in [1.29, 1.82) is 0 Å². The molecular formula is C12H24N4O2.